The first-order valence-corrected chi connectivity index (χ1v) is 8.11. The summed E-state index contributed by atoms with van der Waals surface area (Å²) in [6.07, 6.45) is 0.734. The number of rotatable bonds is 7. The third kappa shape index (κ3) is 4.39. The third-order valence-electron chi connectivity index (χ3n) is 2.48. The molecule has 0 aliphatic carbocycles. The Labute approximate surface area is 108 Å². The van der Waals surface area contributed by atoms with Gasteiger partial charge >= 0.3 is 0 Å². The zero-order valence-electron chi connectivity index (χ0n) is 10.5. The van der Waals surface area contributed by atoms with Crippen LogP contribution in [0.5, 0.6) is 0 Å². The van der Waals surface area contributed by atoms with Crippen LogP contribution in [-0.2, 0) is 16.6 Å². The quantitative estimate of drug-likeness (QED) is 0.826. The Balaban J connectivity index is 2.58. The number of hydrogen-bond acceptors (Lipinski definition) is 3. The van der Waals surface area contributed by atoms with Crippen molar-refractivity contribution < 1.29 is 8.42 Å². The van der Waals surface area contributed by atoms with Crippen LogP contribution in [0.25, 0.3) is 0 Å². The smallest absolute Gasteiger partial charge is 0.199 e. The van der Waals surface area contributed by atoms with E-state index < -0.39 is 10.2 Å². The predicted octanol–water partition coefficient (Wildman–Crippen LogP) is 1.86. The van der Waals surface area contributed by atoms with Crippen LogP contribution < -0.4 is 4.72 Å². The van der Waals surface area contributed by atoms with Gasteiger partial charge in [-0.1, -0.05) is 19.9 Å². The number of thiophene rings is 1. The van der Waals surface area contributed by atoms with Crippen LogP contribution in [0.2, 0.25) is 0 Å². The molecule has 0 aliphatic rings. The highest BCUT2D eigenvalue weighted by Gasteiger charge is 2.20. The molecule has 0 radical (unpaired) electrons. The predicted molar refractivity (Wildman–Crippen MR) is 72.5 cm³/mol. The number of nitrogens with one attached hydrogen (secondary N) is 1. The van der Waals surface area contributed by atoms with Crippen LogP contribution in [0.15, 0.2) is 17.5 Å². The van der Waals surface area contributed by atoms with Crippen LogP contribution >= 0.6 is 11.3 Å². The number of hydrogen-bond donors (Lipinski definition) is 1. The Kier molecular flexibility index (Phi) is 5.58. The molecule has 17 heavy (non-hydrogen) atoms. The van der Waals surface area contributed by atoms with Gasteiger partial charge in [-0.05, 0) is 24.8 Å². The summed E-state index contributed by atoms with van der Waals surface area (Å²) >= 11 is 1.65. The van der Waals surface area contributed by atoms with Gasteiger partial charge in [0.25, 0.3) is 10.2 Å². The maximum atomic E-state index is 11.9. The molecule has 0 amide bonds. The molecule has 0 spiro atoms. The van der Waals surface area contributed by atoms with Crippen molar-refractivity contribution in [2.75, 3.05) is 13.1 Å². The standard InChI is InChI=1S/C11H20N2O2S2/c1-4-13(5-2)17(14,15)12-10(3)9-11-7-6-8-16-11/h6-8,10,12H,4-5,9H2,1-3H3/t10-/m0/s1. The molecule has 1 aromatic rings. The molecule has 0 saturated heterocycles. The zero-order chi connectivity index (χ0) is 12.9. The van der Waals surface area contributed by atoms with Gasteiger partial charge in [-0.15, -0.1) is 11.3 Å². The molecule has 4 nitrogen and oxygen atoms in total. The van der Waals surface area contributed by atoms with Gasteiger partial charge in [0.05, 0.1) is 0 Å². The van der Waals surface area contributed by atoms with E-state index in [1.165, 1.54) is 9.18 Å². The van der Waals surface area contributed by atoms with Gasteiger partial charge in [0.15, 0.2) is 0 Å². The van der Waals surface area contributed by atoms with Crippen LogP contribution in [0.1, 0.15) is 25.6 Å². The van der Waals surface area contributed by atoms with Gasteiger partial charge in [0.2, 0.25) is 0 Å². The normalized spacial score (nSPS) is 14.1. The van der Waals surface area contributed by atoms with E-state index in [0.29, 0.717) is 13.1 Å². The summed E-state index contributed by atoms with van der Waals surface area (Å²) in [5.74, 6) is 0. The second kappa shape index (κ2) is 6.49. The molecule has 1 aromatic heterocycles. The van der Waals surface area contributed by atoms with Crippen molar-refractivity contribution >= 4 is 21.5 Å². The van der Waals surface area contributed by atoms with Crippen molar-refractivity contribution in [2.45, 2.75) is 33.2 Å². The Bertz CT molecular complexity index is 411. The van der Waals surface area contributed by atoms with E-state index in [1.807, 2.05) is 38.3 Å². The van der Waals surface area contributed by atoms with Crippen LogP contribution in [0.3, 0.4) is 0 Å². The minimum atomic E-state index is -3.34. The topological polar surface area (TPSA) is 49.4 Å². The van der Waals surface area contributed by atoms with E-state index in [9.17, 15) is 8.42 Å². The van der Waals surface area contributed by atoms with Crippen molar-refractivity contribution in [1.82, 2.24) is 9.03 Å². The maximum Gasteiger partial charge on any atom is 0.279 e. The van der Waals surface area contributed by atoms with Crippen molar-refractivity contribution in [2.24, 2.45) is 0 Å². The van der Waals surface area contributed by atoms with Gasteiger partial charge in [-0.25, -0.2) is 0 Å². The van der Waals surface area contributed by atoms with E-state index in [-0.39, 0.29) is 6.04 Å². The molecule has 0 unspecified atom stereocenters. The van der Waals surface area contributed by atoms with Crippen LogP contribution in [0.4, 0.5) is 0 Å². The van der Waals surface area contributed by atoms with Gasteiger partial charge in [0, 0.05) is 24.0 Å². The fourth-order valence-electron chi connectivity index (χ4n) is 1.66. The van der Waals surface area contributed by atoms with Crippen molar-refractivity contribution in [3.63, 3.8) is 0 Å². The Hall–Kier alpha value is -0.430. The molecule has 0 saturated carbocycles. The average molecular weight is 276 g/mol. The summed E-state index contributed by atoms with van der Waals surface area (Å²) in [4.78, 5) is 1.19. The van der Waals surface area contributed by atoms with Crippen molar-refractivity contribution in [3.05, 3.63) is 22.4 Å². The molecular formula is C11H20N2O2S2. The summed E-state index contributed by atoms with van der Waals surface area (Å²) in [6, 6.07) is 3.91. The second-order valence-electron chi connectivity index (χ2n) is 3.89. The summed E-state index contributed by atoms with van der Waals surface area (Å²) in [6.45, 7) is 6.56. The molecule has 1 N–H and O–H groups in total. The molecule has 0 fully saturated rings. The van der Waals surface area contributed by atoms with Crippen LogP contribution in [0, 0.1) is 0 Å². The summed E-state index contributed by atoms with van der Waals surface area (Å²) in [5, 5.41) is 2.00. The fraction of sp³-hybridized carbons (Fsp3) is 0.636. The molecule has 1 heterocycles. The molecule has 6 heteroatoms. The maximum absolute atomic E-state index is 11.9. The lowest BCUT2D eigenvalue weighted by Gasteiger charge is -2.21. The van der Waals surface area contributed by atoms with E-state index in [4.69, 9.17) is 0 Å². The van der Waals surface area contributed by atoms with Gasteiger partial charge in [-0.2, -0.15) is 17.4 Å². The number of nitrogens with zero attached hydrogens (tertiary/aromatic N) is 1. The zero-order valence-corrected chi connectivity index (χ0v) is 12.1. The van der Waals surface area contributed by atoms with Gasteiger partial charge < -0.3 is 0 Å². The first-order valence-electron chi connectivity index (χ1n) is 5.79. The molecule has 0 aromatic carbocycles. The van der Waals surface area contributed by atoms with E-state index >= 15 is 0 Å². The highest BCUT2D eigenvalue weighted by atomic mass is 32.2. The summed E-state index contributed by atoms with van der Waals surface area (Å²) in [7, 11) is -3.34. The van der Waals surface area contributed by atoms with E-state index in [1.54, 1.807) is 11.3 Å². The third-order valence-corrected chi connectivity index (χ3v) is 5.28. The lowest BCUT2D eigenvalue weighted by molar-refractivity contribution is 0.427. The van der Waals surface area contributed by atoms with Gasteiger partial charge in [-0.3, -0.25) is 0 Å². The van der Waals surface area contributed by atoms with E-state index in [2.05, 4.69) is 4.72 Å². The summed E-state index contributed by atoms with van der Waals surface area (Å²) in [5.41, 5.74) is 0. The molecule has 98 valence electrons. The Morgan fingerprint density at radius 3 is 2.53 bits per heavy atom. The Morgan fingerprint density at radius 2 is 2.06 bits per heavy atom. The lowest BCUT2D eigenvalue weighted by Crippen LogP contribution is -2.44. The molecule has 0 aliphatic heterocycles. The van der Waals surface area contributed by atoms with Gasteiger partial charge in [0.1, 0.15) is 0 Å². The van der Waals surface area contributed by atoms with E-state index in [0.717, 1.165) is 6.42 Å². The summed E-state index contributed by atoms with van der Waals surface area (Å²) < 4.78 is 28.0. The molecule has 1 atom stereocenters. The molecule has 1 rings (SSSR count). The highest BCUT2D eigenvalue weighted by molar-refractivity contribution is 7.87. The van der Waals surface area contributed by atoms with Crippen molar-refractivity contribution in [1.29, 1.82) is 0 Å². The Morgan fingerprint density at radius 1 is 1.41 bits per heavy atom. The highest BCUT2D eigenvalue weighted by Crippen LogP contribution is 2.11. The first kappa shape index (κ1) is 14.6. The second-order valence-corrected chi connectivity index (χ2v) is 6.63. The molecule has 0 bridgehead atoms. The fourth-order valence-corrected chi connectivity index (χ4v) is 3.92. The van der Waals surface area contributed by atoms with Crippen LogP contribution in [-0.4, -0.2) is 31.9 Å². The lowest BCUT2D eigenvalue weighted by atomic mass is 10.2. The monoisotopic (exact) mass is 276 g/mol. The largest absolute Gasteiger partial charge is 0.279 e. The minimum Gasteiger partial charge on any atom is -0.199 e. The first-order chi connectivity index (χ1) is 7.99. The van der Waals surface area contributed by atoms with Crippen molar-refractivity contribution in [3.8, 4) is 0 Å². The minimum absolute atomic E-state index is 0.0840. The molecular weight excluding hydrogens is 256 g/mol. The SMILES string of the molecule is CCN(CC)S(=O)(=O)N[C@@H](C)Cc1cccs1. The average Bonchev–Trinajstić information content (AvgIpc) is 2.70.